The van der Waals surface area contributed by atoms with Gasteiger partial charge >= 0.3 is 6.09 Å². The second kappa shape index (κ2) is 9.13. The highest BCUT2D eigenvalue weighted by molar-refractivity contribution is 5.76. The van der Waals surface area contributed by atoms with Crippen LogP contribution in [0.1, 0.15) is 36.0 Å². The molecule has 7 nitrogen and oxygen atoms in total. The van der Waals surface area contributed by atoms with Gasteiger partial charge in [-0.3, -0.25) is 9.69 Å². The molecule has 2 fully saturated rings. The molecule has 0 bridgehead atoms. The Kier molecular flexibility index (Phi) is 6.35. The van der Waals surface area contributed by atoms with Crippen molar-refractivity contribution in [2.24, 2.45) is 5.92 Å². The van der Waals surface area contributed by atoms with Crippen molar-refractivity contribution in [2.75, 3.05) is 45.9 Å². The molecule has 3 aliphatic rings. The van der Waals surface area contributed by atoms with Crippen LogP contribution in [0.25, 0.3) is 0 Å². The number of piperazine rings is 1. The highest BCUT2D eigenvalue weighted by atomic mass is 16.5. The summed E-state index contributed by atoms with van der Waals surface area (Å²) >= 11 is 0. The van der Waals surface area contributed by atoms with E-state index in [0.29, 0.717) is 31.3 Å². The van der Waals surface area contributed by atoms with E-state index in [0.717, 1.165) is 70.8 Å². The average Bonchev–Trinajstić information content (AvgIpc) is 2.74. The zero-order valence-corrected chi connectivity index (χ0v) is 17.0. The first-order valence-electron chi connectivity index (χ1n) is 10.7. The normalized spacial score (nSPS) is 21.1. The fourth-order valence-corrected chi connectivity index (χ4v) is 4.61. The Morgan fingerprint density at radius 1 is 1.00 bits per heavy atom. The number of fused-ring (bicyclic) bond motifs is 1. The van der Waals surface area contributed by atoms with E-state index in [-0.39, 0.29) is 0 Å². The maximum Gasteiger partial charge on any atom is 0.407 e. The molecule has 0 atom stereocenters. The lowest BCUT2D eigenvalue weighted by molar-refractivity contribution is -0.134. The highest BCUT2D eigenvalue weighted by Gasteiger charge is 2.25. The molecule has 1 aromatic carbocycles. The van der Waals surface area contributed by atoms with Crippen molar-refractivity contribution in [3.05, 3.63) is 34.9 Å². The van der Waals surface area contributed by atoms with Gasteiger partial charge in [0.15, 0.2) is 0 Å². The largest absolute Gasteiger partial charge is 0.465 e. The number of carbonyl (C=O) groups excluding carboxylic acids is 1. The van der Waals surface area contributed by atoms with E-state index in [1.807, 2.05) is 4.90 Å². The monoisotopic (exact) mass is 401 g/mol. The summed E-state index contributed by atoms with van der Waals surface area (Å²) in [5.74, 6) is 0.787. The van der Waals surface area contributed by atoms with E-state index in [1.54, 1.807) is 0 Å². The van der Waals surface area contributed by atoms with Crippen LogP contribution in [-0.4, -0.2) is 77.7 Å². The van der Waals surface area contributed by atoms with E-state index in [4.69, 9.17) is 4.74 Å². The first-order valence-corrected chi connectivity index (χ1v) is 10.7. The smallest absolute Gasteiger partial charge is 0.407 e. The van der Waals surface area contributed by atoms with Gasteiger partial charge in [0.2, 0.25) is 5.91 Å². The maximum atomic E-state index is 12.6. The second-order valence-electron chi connectivity index (χ2n) is 8.47. The van der Waals surface area contributed by atoms with E-state index >= 15 is 0 Å². The third-order valence-corrected chi connectivity index (χ3v) is 6.49. The minimum Gasteiger partial charge on any atom is -0.465 e. The van der Waals surface area contributed by atoms with Crippen LogP contribution in [0.5, 0.6) is 0 Å². The third-order valence-electron chi connectivity index (χ3n) is 6.49. The zero-order chi connectivity index (χ0) is 20.2. The number of benzene rings is 1. The van der Waals surface area contributed by atoms with E-state index in [2.05, 4.69) is 23.1 Å². The summed E-state index contributed by atoms with van der Waals surface area (Å²) in [6, 6.07) is 6.43. The molecule has 29 heavy (non-hydrogen) atoms. The van der Waals surface area contributed by atoms with E-state index in [1.165, 1.54) is 16.0 Å². The van der Waals surface area contributed by atoms with Gasteiger partial charge in [-0.2, -0.15) is 0 Å². The molecular weight excluding hydrogens is 370 g/mol. The summed E-state index contributed by atoms with van der Waals surface area (Å²) in [4.78, 5) is 29.7. The van der Waals surface area contributed by atoms with Gasteiger partial charge in [-0.05, 0) is 41.9 Å². The van der Waals surface area contributed by atoms with Crippen molar-refractivity contribution in [1.29, 1.82) is 0 Å². The Balaban J connectivity index is 1.25. The zero-order valence-electron chi connectivity index (χ0n) is 17.0. The Morgan fingerprint density at radius 2 is 1.76 bits per heavy atom. The fourth-order valence-electron chi connectivity index (χ4n) is 4.61. The number of amides is 2. The van der Waals surface area contributed by atoms with Gasteiger partial charge in [-0.1, -0.05) is 18.2 Å². The van der Waals surface area contributed by atoms with Crippen LogP contribution in [0, 0.1) is 5.92 Å². The molecule has 2 saturated heterocycles. The molecule has 3 aliphatic heterocycles. The lowest BCUT2D eigenvalue weighted by Gasteiger charge is -2.36. The van der Waals surface area contributed by atoms with Crippen LogP contribution >= 0.6 is 0 Å². The number of carboxylic acid groups (broad SMARTS) is 1. The number of hydrogen-bond donors (Lipinski definition) is 1. The number of carbonyl (C=O) groups is 2. The molecule has 0 spiro atoms. The van der Waals surface area contributed by atoms with Crippen LogP contribution in [-0.2, 0) is 29.0 Å². The first kappa shape index (κ1) is 20.2. The summed E-state index contributed by atoms with van der Waals surface area (Å²) < 4.78 is 5.39. The molecule has 0 radical (unpaired) electrons. The lowest BCUT2D eigenvalue weighted by Crippen LogP contribution is -2.48. The first-order chi connectivity index (χ1) is 14.1. The predicted molar refractivity (Wildman–Crippen MR) is 109 cm³/mol. The van der Waals surface area contributed by atoms with Crippen LogP contribution < -0.4 is 0 Å². The van der Waals surface area contributed by atoms with Crippen LogP contribution in [0.4, 0.5) is 4.79 Å². The molecule has 0 unspecified atom stereocenters. The van der Waals surface area contributed by atoms with E-state index < -0.39 is 6.09 Å². The topological polar surface area (TPSA) is 73.3 Å². The minimum absolute atomic E-state index is 0.299. The predicted octanol–water partition coefficient (Wildman–Crippen LogP) is 2.18. The SMILES string of the molecule is O=C(O)N1CCc2cc(CN3CCN(C(=O)CC4CCOCC4)CC3)ccc2C1. The molecule has 158 valence electrons. The van der Waals surface area contributed by atoms with Gasteiger partial charge in [0.25, 0.3) is 0 Å². The lowest BCUT2D eigenvalue weighted by atomic mass is 9.96. The standard InChI is InChI=1S/C22H31N3O4/c26-21(14-17-4-11-29-12-5-17)24-9-7-23(8-10-24)15-18-1-2-20-16-25(22(27)28)6-3-19(20)13-18/h1-2,13,17H,3-12,14-16H2,(H,27,28). The number of rotatable bonds is 4. The van der Waals surface area contributed by atoms with Gasteiger partial charge in [0.05, 0.1) is 0 Å². The van der Waals surface area contributed by atoms with Crippen molar-refractivity contribution >= 4 is 12.0 Å². The molecule has 0 saturated carbocycles. The summed E-state index contributed by atoms with van der Waals surface area (Å²) in [6.45, 7) is 6.95. The van der Waals surface area contributed by atoms with Crippen molar-refractivity contribution in [1.82, 2.24) is 14.7 Å². The van der Waals surface area contributed by atoms with Gasteiger partial charge in [0.1, 0.15) is 0 Å². The van der Waals surface area contributed by atoms with Crippen LogP contribution in [0.2, 0.25) is 0 Å². The average molecular weight is 402 g/mol. The summed E-state index contributed by atoms with van der Waals surface area (Å²) in [5, 5.41) is 9.17. The number of nitrogens with zero attached hydrogens (tertiary/aromatic N) is 3. The molecule has 0 aromatic heterocycles. The molecule has 2 amide bonds. The molecule has 3 heterocycles. The third kappa shape index (κ3) is 5.08. The van der Waals surface area contributed by atoms with Gasteiger partial charge in [0, 0.05) is 65.4 Å². The Hall–Kier alpha value is -2.12. The number of hydrogen-bond acceptors (Lipinski definition) is 4. The Morgan fingerprint density at radius 3 is 2.48 bits per heavy atom. The highest BCUT2D eigenvalue weighted by Crippen LogP contribution is 2.23. The summed E-state index contributed by atoms with van der Waals surface area (Å²) in [6.07, 6.45) is 2.62. The van der Waals surface area contributed by atoms with Crippen molar-refractivity contribution in [3.63, 3.8) is 0 Å². The van der Waals surface area contributed by atoms with Crippen molar-refractivity contribution in [3.8, 4) is 0 Å². The maximum absolute atomic E-state index is 12.6. The van der Waals surface area contributed by atoms with Gasteiger partial charge in [-0.25, -0.2) is 4.79 Å². The Labute approximate surface area is 172 Å². The van der Waals surface area contributed by atoms with Gasteiger partial charge in [-0.15, -0.1) is 0 Å². The Bertz CT molecular complexity index is 740. The van der Waals surface area contributed by atoms with Crippen molar-refractivity contribution < 1.29 is 19.4 Å². The molecule has 1 aromatic rings. The second-order valence-corrected chi connectivity index (χ2v) is 8.47. The van der Waals surface area contributed by atoms with Crippen LogP contribution in [0.3, 0.4) is 0 Å². The summed E-state index contributed by atoms with van der Waals surface area (Å²) in [7, 11) is 0. The minimum atomic E-state index is -0.844. The summed E-state index contributed by atoms with van der Waals surface area (Å²) in [5.41, 5.74) is 3.66. The molecule has 1 N–H and O–H groups in total. The van der Waals surface area contributed by atoms with Crippen molar-refractivity contribution in [2.45, 2.75) is 38.8 Å². The molecule has 0 aliphatic carbocycles. The molecular formula is C22H31N3O4. The van der Waals surface area contributed by atoms with E-state index in [9.17, 15) is 14.7 Å². The molecule has 4 rings (SSSR count). The number of ether oxygens (including phenoxy) is 1. The quantitative estimate of drug-likeness (QED) is 0.837. The fraction of sp³-hybridized carbons (Fsp3) is 0.636. The molecule has 7 heteroatoms. The van der Waals surface area contributed by atoms with Crippen LogP contribution in [0.15, 0.2) is 18.2 Å². The van der Waals surface area contributed by atoms with Gasteiger partial charge < -0.3 is 19.6 Å².